The van der Waals surface area contributed by atoms with Gasteiger partial charge in [-0.2, -0.15) is 5.26 Å². The van der Waals surface area contributed by atoms with Gasteiger partial charge in [0.1, 0.15) is 5.52 Å². The molecule has 0 aliphatic heterocycles. The minimum absolute atomic E-state index is 0.430. The number of nitrogens with zero attached hydrogens (tertiary/aromatic N) is 5. The highest BCUT2D eigenvalue weighted by molar-refractivity contribution is 5.88. The fourth-order valence-electron chi connectivity index (χ4n) is 2.37. The Hall–Kier alpha value is -2.87. The van der Waals surface area contributed by atoms with Gasteiger partial charge in [-0.15, -0.1) is 0 Å². The molecule has 3 aromatic rings. The highest BCUT2D eigenvalue weighted by atomic mass is 15.2. The first-order valence-corrected chi connectivity index (χ1v) is 6.77. The number of rotatable bonds is 4. The van der Waals surface area contributed by atoms with E-state index in [4.69, 9.17) is 5.26 Å². The van der Waals surface area contributed by atoms with Crippen molar-refractivity contribution in [2.45, 2.75) is 6.42 Å². The van der Waals surface area contributed by atoms with Crippen molar-refractivity contribution in [1.82, 2.24) is 14.5 Å². The van der Waals surface area contributed by atoms with Crippen LogP contribution in [0.1, 0.15) is 6.42 Å². The number of hydrogen-bond donors (Lipinski definition) is 0. The lowest BCUT2D eigenvalue weighted by atomic mass is 10.2. The molecule has 0 bridgehead atoms. The molecule has 0 atom stereocenters. The van der Waals surface area contributed by atoms with Crippen molar-refractivity contribution in [2.75, 3.05) is 11.4 Å². The number of benzene rings is 1. The maximum atomic E-state index is 8.91. The van der Waals surface area contributed by atoms with Crippen molar-refractivity contribution >= 4 is 22.5 Å². The van der Waals surface area contributed by atoms with Gasteiger partial charge in [0.05, 0.1) is 24.3 Å². The van der Waals surface area contributed by atoms with Gasteiger partial charge in [0, 0.05) is 25.5 Å². The lowest BCUT2D eigenvalue weighted by Crippen LogP contribution is -2.19. The normalized spacial score (nSPS) is 10.5. The standard InChI is InChI=1S/C16H15N5/c1-20-12-19-15-14(20)8-10-18-16(15)21(11-5-9-17)13-6-3-2-4-7-13/h2-4,6-8,10,12H,5,11H2,1H3. The zero-order valence-corrected chi connectivity index (χ0v) is 11.8. The van der Waals surface area contributed by atoms with E-state index in [0.717, 1.165) is 22.5 Å². The highest BCUT2D eigenvalue weighted by Gasteiger charge is 2.15. The number of imidazole rings is 1. The lowest BCUT2D eigenvalue weighted by Gasteiger charge is -2.23. The van der Waals surface area contributed by atoms with Crippen molar-refractivity contribution in [3.8, 4) is 6.07 Å². The second kappa shape index (κ2) is 5.63. The van der Waals surface area contributed by atoms with Crippen LogP contribution in [-0.4, -0.2) is 21.1 Å². The monoisotopic (exact) mass is 277 g/mol. The Labute approximate surface area is 123 Å². The van der Waals surface area contributed by atoms with Crippen molar-refractivity contribution in [2.24, 2.45) is 7.05 Å². The van der Waals surface area contributed by atoms with E-state index in [1.165, 1.54) is 0 Å². The van der Waals surface area contributed by atoms with Crippen molar-refractivity contribution in [3.63, 3.8) is 0 Å². The number of nitriles is 1. The van der Waals surface area contributed by atoms with Gasteiger partial charge < -0.3 is 9.47 Å². The molecule has 3 rings (SSSR count). The molecule has 0 saturated carbocycles. The van der Waals surface area contributed by atoms with E-state index in [-0.39, 0.29) is 0 Å². The van der Waals surface area contributed by atoms with Crippen LogP contribution in [0.4, 0.5) is 11.5 Å². The molecule has 0 aliphatic rings. The summed E-state index contributed by atoms with van der Waals surface area (Å²) in [6.45, 7) is 0.587. The number of pyridine rings is 1. The maximum absolute atomic E-state index is 8.91. The Morgan fingerprint density at radius 2 is 2.00 bits per heavy atom. The molecule has 0 amide bonds. The maximum Gasteiger partial charge on any atom is 0.161 e. The lowest BCUT2D eigenvalue weighted by molar-refractivity contribution is 0.930. The number of fused-ring (bicyclic) bond motifs is 1. The summed E-state index contributed by atoms with van der Waals surface area (Å²) >= 11 is 0. The van der Waals surface area contributed by atoms with Crippen LogP contribution in [0.25, 0.3) is 11.0 Å². The van der Waals surface area contributed by atoms with E-state index in [1.807, 2.05) is 52.9 Å². The Morgan fingerprint density at radius 3 is 2.76 bits per heavy atom. The summed E-state index contributed by atoms with van der Waals surface area (Å²) in [6.07, 6.45) is 3.99. The average molecular weight is 277 g/mol. The molecule has 1 aromatic carbocycles. The van der Waals surface area contributed by atoms with Crippen molar-refractivity contribution < 1.29 is 0 Å². The molecule has 0 N–H and O–H groups in total. The van der Waals surface area contributed by atoms with Crippen LogP contribution in [0, 0.1) is 11.3 Å². The van der Waals surface area contributed by atoms with Crippen LogP contribution in [0.2, 0.25) is 0 Å². The zero-order chi connectivity index (χ0) is 14.7. The fraction of sp³-hybridized carbons (Fsp3) is 0.188. The van der Waals surface area contributed by atoms with Crippen LogP contribution in [-0.2, 0) is 7.05 Å². The summed E-state index contributed by atoms with van der Waals surface area (Å²) in [5.74, 6) is 0.787. The summed E-state index contributed by atoms with van der Waals surface area (Å²) < 4.78 is 1.97. The molecule has 0 radical (unpaired) electrons. The van der Waals surface area contributed by atoms with Crippen LogP contribution in [0.15, 0.2) is 48.9 Å². The SMILES string of the molecule is Cn1cnc2c(N(CCC#N)c3ccccc3)nccc21. The van der Waals surface area contributed by atoms with E-state index in [9.17, 15) is 0 Å². The minimum Gasteiger partial charge on any atom is -0.334 e. The summed E-state index contributed by atoms with van der Waals surface area (Å²) in [4.78, 5) is 11.0. The van der Waals surface area contributed by atoms with Gasteiger partial charge in [0.15, 0.2) is 5.82 Å². The molecule has 0 aliphatic carbocycles. The van der Waals surface area contributed by atoms with Gasteiger partial charge in [0.2, 0.25) is 0 Å². The molecule has 21 heavy (non-hydrogen) atoms. The third kappa shape index (κ3) is 2.43. The van der Waals surface area contributed by atoms with Crippen LogP contribution in [0.5, 0.6) is 0 Å². The van der Waals surface area contributed by atoms with Crippen molar-refractivity contribution in [3.05, 3.63) is 48.9 Å². The fourth-order valence-corrected chi connectivity index (χ4v) is 2.37. The Kier molecular flexibility index (Phi) is 3.52. The summed E-state index contributed by atoms with van der Waals surface area (Å²) in [5.41, 5.74) is 2.89. The molecule has 5 heteroatoms. The molecule has 0 fully saturated rings. The van der Waals surface area contributed by atoms with Crippen LogP contribution >= 0.6 is 0 Å². The third-order valence-electron chi connectivity index (χ3n) is 3.39. The number of aryl methyl sites for hydroxylation is 1. The Morgan fingerprint density at radius 1 is 1.19 bits per heavy atom. The first kappa shape index (κ1) is 13.1. The predicted molar refractivity (Wildman–Crippen MR) is 82.2 cm³/mol. The Bertz CT molecular complexity index is 785. The van der Waals surface area contributed by atoms with Gasteiger partial charge in [-0.05, 0) is 18.2 Å². The number of aromatic nitrogens is 3. The van der Waals surface area contributed by atoms with Crippen LogP contribution in [0.3, 0.4) is 0 Å². The molecule has 0 spiro atoms. The van der Waals surface area contributed by atoms with E-state index < -0.39 is 0 Å². The van der Waals surface area contributed by atoms with E-state index in [2.05, 4.69) is 16.0 Å². The predicted octanol–water partition coefficient (Wildman–Crippen LogP) is 3.02. The van der Waals surface area contributed by atoms with Gasteiger partial charge in [0.25, 0.3) is 0 Å². The summed E-state index contributed by atoms with van der Waals surface area (Å²) in [5, 5.41) is 8.91. The van der Waals surface area contributed by atoms with Gasteiger partial charge in [-0.25, -0.2) is 9.97 Å². The van der Waals surface area contributed by atoms with Crippen molar-refractivity contribution in [1.29, 1.82) is 5.26 Å². The first-order chi connectivity index (χ1) is 10.3. The molecule has 0 saturated heterocycles. The van der Waals surface area contributed by atoms with Crippen LogP contribution < -0.4 is 4.90 Å². The Balaban J connectivity index is 2.13. The number of hydrogen-bond acceptors (Lipinski definition) is 4. The third-order valence-corrected chi connectivity index (χ3v) is 3.39. The molecule has 2 aromatic heterocycles. The summed E-state index contributed by atoms with van der Waals surface area (Å²) in [6, 6.07) is 14.1. The van der Waals surface area contributed by atoms with E-state index in [0.29, 0.717) is 13.0 Å². The zero-order valence-electron chi connectivity index (χ0n) is 11.8. The summed E-state index contributed by atoms with van der Waals surface area (Å²) in [7, 11) is 1.96. The highest BCUT2D eigenvalue weighted by Crippen LogP contribution is 2.29. The van der Waals surface area contributed by atoms with Gasteiger partial charge in [-0.3, -0.25) is 0 Å². The van der Waals surface area contributed by atoms with E-state index in [1.54, 1.807) is 12.5 Å². The number of anilines is 2. The molecular formula is C16H15N5. The second-order valence-electron chi connectivity index (χ2n) is 4.75. The van der Waals surface area contributed by atoms with Gasteiger partial charge in [-0.1, -0.05) is 18.2 Å². The minimum atomic E-state index is 0.430. The van der Waals surface area contributed by atoms with Gasteiger partial charge >= 0.3 is 0 Å². The molecule has 0 unspecified atom stereocenters. The second-order valence-corrected chi connectivity index (χ2v) is 4.75. The average Bonchev–Trinajstić information content (AvgIpc) is 2.91. The molecule has 2 heterocycles. The quantitative estimate of drug-likeness (QED) is 0.735. The molecular weight excluding hydrogens is 262 g/mol. The van der Waals surface area contributed by atoms with E-state index >= 15 is 0 Å². The first-order valence-electron chi connectivity index (χ1n) is 6.77. The molecule has 5 nitrogen and oxygen atoms in total. The molecule has 104 valence electrons. The largest absolute Gasteiger partial charge is 0.334 e. The topological polar surface area (TPSA) is 57.7 Å². The number of para-hydroxylation sites is 1. The smallest absolute Gasteiger partial charge is 0.161 e.